The lowest BCUT2D eigenvalue weighted by Crippen LogP contribution is -2.42. The van der Waals surface area contributed by atoms with Crippen LogP contribution in [-0.2, 0) is 12.6 Å². The molecule has 5 rings (SSSR count). The fourth-order valence-corrected chi connectivity index (χ4v) is 4.62. The largest absolute Gasteiger partial charge is 0.416 e. The molecule has 1 heterocycles. The van der Waals surface area contributed by atoms with Crippen LogP contribution in [0.1, 0.15) is 53.6 Å². The quantitative estimate of drug-likeness (QED) is 0.185. The van der Waals surface area contributed by atoms with Gasteiger partial charge in [-0.3, -0.25) is 30.2 Å². The van der Waals surface area contributed by atoms with Crippen molar-refractivity contribution in [3.05, 3.63) is 149 Å². The van der Waals surface area contributed by atoms with Crippen LogP contribution in [0.4, 0.5) is 18.9 Å². The second-order valence-corrected chi connectivity index (χ2v) is 10.0. The minimum atomic E-state index is -4.49. The Hall–Kier alpha value is -5.84. The highest BCUT2D eigenvalue weighted by molar-refractivity contribution is 6.10. The van der Waals surface area contributed by atoms with E-state index in [1.54, 1.807) is 49.4 Å². The highest BCUT2D eigenvalue weighted by Gasteiger charge is 2.30. The van der Waals surface area contributed by atoms with Crippen LogP contribution in [0, 0.1) is 6.92 Å². The van der Waals surface area contributed by atoms with Crippen LogP contribution in [0.5, 0.6) is 0 Å². The average molecular weight is 610 g/mol. The van der Waals surface area contributed by atoms with Crippen molar-refractivity contribution in [3.8, 4) is 11.1 Å². The molecule has 0 aliphatic carbocycles. The van der Waals surface area contributed by atoms with Gasteiger partial charge in [-0.05, 0) is 59.5 Å². The molecule has 0 spiro atoms. The SMILES string of the molecule is Cc1cnc(C(=O)NNC(=O)c2cccc(NC(=O)c3ccccc3-c3ccc(C(F)(F)F)cc3)c2Cc2ccccc2)cn1. The molecule has 1 aromatic heterocycles. The van der Waals surface area contributed by atoms with E-state index in [1.807, 2.05) is 30.3 Å². The van der Waals surface area contributed by atoms with Gasteiger partial charge in [-0.1, -0.05) is 66.7 Å². The summed E-state index contributed by atoms with van der Waals surface area (Å²) in [5, 5.41) is 2.88. The fraction of sp³-hybridized carbons (Fsp3) is 0.0882. The molecule has 4 aromatic carbocycles. The van der Waals surface area contributed by atoms with Crippen molar-refractivity contribution in [1.29, 1.82) is 0 Å². The number of halogens is 3. The van der Waals surface area contributed by atoms with Crippen LogP contribution in [0.25, 0.3) is 11.1 Å². The first-order chi connectivity index (χ1) is 21.6. The van der Waals surface area contributed by atoms with Crippen molar-refractivity contribution in [1.82, 2.24) is 20.8 Å². The van der Waals surface area contributed by atoms with Gasteiger partial charge in [-0.15, -0.1) is 0 Å². The van der Waals surface area contributed by atoms with Gasteiger partial charge >= 0.3 is 6.18 Å². The van der Waals surface area contributed by atoms with E-state index in [-0.39, 0.29) is 23.2 Å². The lowest BCUT2D eigenvalue weighted by molar-refractivity contribution is -0.137. The Balaban J connectivity index is 1.43. The number of amides is 3. The molecule has 0 atom stereocenters. The van der Waals surface area contributed by atoms with Gasteiger partial charge < -0.3 is 5.32 Å². The third-order valence-electron chi connectivity index (χ3n) is 6.89. The molecule has 0 saturated carbocycles. The van der Waals surface area contributed by atoms with E-state index >= 15 is 0 Å². The van der Waals surface area contributed by atoms with Crippen LogP contribution in [0.3, 0.4) is 0 Å². The summed E-state index contributed by atoms with van der Waals surface area (Å²) in [6, 6.07) is 25.2. The minimum Gasteiger partial charge on any atom is -0.322 e. The lowest BCUT2D eigenvalue weighted by atomic mass is 9.96. The van der Waals surface area contributed by atoms with Gasteiger partial charge in [0.1, 0.15) is 5.69 Å². The molecule has 11 heteroatoms. The summed E-state index contributed by atoms with van der Waals surface area (Å²) in [6.45, 7) is 1.73. The maximum atomic E-state index is 13.7. The highest BCUT2D eigenvalue weighted by Crippen LogP contribution is 2.32. The number of hydrogen-bond donors (Lipinski definition) is 3. The van der Waals surface area contributed by atoms with Gasteiger partial charge in [-0.2, -0.15) is 13.2 Å². The number of hydrogen-bond acceptors (Lipinski definition) is 5. The average Bonchev–Trinajstić information content (AvgIpc) is 3.04. The molecule has 0 radical (unpaired) electrons. The van der Waals surface area contributed by atoms with Gasteiger partial charge in [0, 0.05) is 29.4 Å². The zero-order valence-electron chi connectivity index (χ0n) is 23.9. The summed E-state index contributed by atoms with van der Waals surface area (Å²) in [7, 11) is 0. The lowest BCUT2D eigenvalue weighted by Gasteiger charge is -2.17. The zero-order valence-corrected chi connectivity index (χ0v) is 23.9. The summed E-state index contributed by atoms with van der Waals surface area (Å²) in [6.07, 6.45) is -1.51. The molecule has 0 fully saturated rings. The zero-order chi connectivity index (χ0) is 32.0. The number of alkyl halides is 3. The Morgan fingerprint density at radius 2 is 1.36 bits per heavy atom. The number of aryl methyl sites for hydroxylation is 1. The normalized spacial score (nSPS) is 11.0. The van der Waals surface area contributed by atoms with Crippen LogP contribution in [0.15, 0.2) is 109 Å². The smallest absolute Gasteiger partial charge is 0.322 e. The van der Waals surface area contributed by atoms with Gasteiger partial charge in [0.2, 0.25) is 0 Å². The van der Waals surface area contributed by atoms with E-state index in [1.165, 1.54) is 24.5 Å². The van der Waals surface area contributed by atoms with E-state index in [2.05, 4.69) is 26.1 Å². The predicted octanol–water partition coefficient (Wildman–Crippen LogP) is 6.39. The summed E-state index contributed by atoms with van der Waals surface area (Å²) in [5.74, 6) is -1.82. The first kappa shape index (κ1) is 30.6. The molecule has 5 aromatic rings. The third kappa shape index (κ3) is 7.39. The van der Waals surface area contributed by atoms with Crippen molar-refractivity contribution < 1.29 is 27.6 Å². The molecule has 0 aliphatic heterocycles. The van der Waals surface area contributed by atoms with E-state index in [9.17, 15) is 27.6 Å². The van der Waals surface area contributed by atoms with E-state index in [0.717, 1.165) is 17.7 Å². The number of carbonyl (C=O) groups excluding carboxylic acids is 3. The van der Waals surface area contributed by atoms with Crippen molar-refractivity contribution >= 4 is 23.4 Å². The minimum absolute atomic E-state index is 0.0122. The second-order valence-electron chi connectivity index (χ2n) is 10.0. The van der Waals surface area contributed by atoms with Crippen LogP contribution in [-0.4, -0.2) is 27.7 Å². The molecule has 45 heavy (non-hydrogen) atoms. The Kier molecular flexibility index (Phi) is 8.99. The number of rotatable bonds is 7. The first-order valence-corrected chi connectivity index (χ1v) is 13.7. The monoisotopic (exact) mass is 609 g/mol. The van der Waals surface area contributed by atoms with Gasteiger partial charge in [0.25, 0.3) is 17.7 Å². The maximum absolute atomic E-state index is 13.7. The Morgan fingerprint density at radius 1 is 0.689 bits per heavy atom. The summed E-state index contributed by atoms with van der Waals surface area (Å²) in [5.41, 5.74) is 7.54. The van der Waals surface area contributed by atoms with Crippen molar-refractivity contribution in [2.24, 2.45) is 0 Å². The Morgan fingerprint density at radius 3 is 2.04 bits per heavy atom. The van der Waals surface area contributed by atoms with Crippen molar-refractivity contribution in [2.75, 3.05) is 5.32 Å². The van der Waals surface area contributed by atoms with Crippen LogP contribution < -0.4 is 16.2 Å². The fourth-order valence-electron chi connectivity index (χ4n) is 4.62. The number of anilines is 1. The second kappa shape index (κ2) is 13.2. The summed E-state index contributed by atoms with van der Waals surface area (Å²) < 4.78 is 39.3. The van der Waals surface area contributed by atoms with Gasteiger partial charge in [0.15, 0.2) is 0 Å². The van der Waals surface area contributed by atoms with Crippen molar-refractivity contribution in [3.63, 3.8) is 0 Å². The number of hydrazine groups is 1. The number of aromatic nitrogens is 2. The van der Waals surface area contributed by atoms with E-state index < -0.39 is 29.5 Å². The van der Waals surface area contributed by atoms with E-state index in [0.29, 0.717) is 28.1 Å². The number of benzene rings is 4. The van der Waals surface area contributed by atoms with Crippen LogP contribution in [0.2, 0.25) is 0 Å². The molecule has 0 aliphatic rings. The molecule has 226 valence electrons. The maximum Gasteiger partial charge on any atom is 0.416 e. The third-order valence-corrected chi connectivity index (χ3v) is 6.89. The molecular formula is C34H26F3N5O3. The van der Waals surface area contributed by atoms with Gasteiger partial charge in [0.05, 0.1) is 17.5 Å². The molecule has 0 unspecified atom stereocenters. The summed E-state index contributed by atoms with van der Waals surface area (Å²) in [4.78, 5) is 47.5. The highest BCUT2D eigenvalue weighted by atomic mass is 19.4. The van der Waals surface area contributed by atoms with Crippen LogP contribution >= 0.6 is 0 Å². The number of carbonyl (C=O) groups is 3. The van der Waals surface area contributed by atoms with Crippen molar-refractivity contribution in [2.45, 2.75) is 19.5 Å². The van der Waals surface area contributed by atoms with E-state index in [4.69, 9.17) is 0 Å². The Bertz CT molecular complexity index is 1840. The van der Waals surface area contributed by atoms with Gasteiger partial charge in [-0.25, -0.2) is 4.98 Å². The topological polar surface area (TPSA) is 113 Å². The first-order valence-electron chi connectivity index (χ1n) is 13.7. The number of nitrogens with one attached hydrogen (secondary N) is 3. The molecule has 8 nitrogen and oxygen atoms in total. The number of nitrogens with zero attached hydrogens (tertiary/aromatic N) is 2. The molecule has 3 amide bonds. The Labute approximate surface area is 256 Å². The molecule has 0 bridgehead atoms. The summed E-state index contributed by atoms with van der Waals surface area (Å²) >= 11 is 0. The predicted molar refractivity (Wildman–Crippen MR) is 162 cm³/mol. The molecule has 0 saturated heterocycles. The molecular weight excluding hydrogens is 583 g/mol. The molecule has 3 N–H and O–H groups in total. The standard InChI is InChI=1S/C34H26F3N5O3/c1-21-19-39-30(20-38-21)33(45)42-41-32(44)27-12-7-13-29(28(27)18-22-8-3-2-4-9-22)40-31(43)26-11-6-5-10-25(26)23-14-16-24(17-15-23)34(35,36)37/h2-17,19-20H,18H2,1H3,(H,40,43)(H,41,44)(H,42,45).